The van der Waals surface area contributed by atoms with Crippen LogP contribution in [0.15, 0.2) is 12.1 Å². The van der Waals surface area contributed by atoms with Crippen molar-refractivity contribution in [1.82, 2.24) is 0 Å². The topological polar surface area (TPSA) is 46.5 Å². The smallest absolute Gasteiger partial charge is 0.153 e. The number of hydrogen-bond acceptors (Lipinski definition) is 3. The van der Waals surface area contributed by atoms with Gasteiger partial charge in [-0.1, -0.05) is 23.2 Å². The molecule has 0 radical (unpaired) electrons. The number of ether oxygens (including phenoxy) is 1. The molecule has 0 saturated carbocycles. The highest BCUT2D eigenvalue weighted by Gasteiger charge is 2.09. The van der Waals surface area contributed by atoms with Gasteiger partial charge in [0.05, 0.1) is 17.2 Å². The zero-order chi connectivity index (χ0) is 12.7. The van der Waals surface area contributed by atoms with Crippen molar-refractivity contribution in [3.05, 3.63) is 27.7 Å². The second-order valence-corrected chi connectivity index (χ2v) is 4.40. The van der Waals surface area contributed by atoms with Gasteiger partial charge in [0.2, 0.25) is 0 Å². The minimum Gasteiger partial charge on any atom is -0.491 e. The number of aliphatic hydroxyl groups is 1. The van der Waals surface area contributed by atoms with E-state index in [0.717, 1.165) is 19.3 Å². The summed E-state index contributed by atoms with van der Waals surface area (Å²) < 4.78 is 5.46. The van der Waals surface area contributed by atoms with Crippen LogP contribution in [0.4, 0.5) is 0 Å². The Morgan fingerprint density at radius 3 is 2.65 bits per heavy atom. The number of unbranched alkanes of at least 4 members (excludes halogenated alkanes) is 2. The minimum absolute atomic E-state index is 0.182. The first-order valence-corrected chi connectivity index (χ1v) is 6.12. The lowest BCUT2D eigenvalue weighted by Gasteiger charge is -2.10. The van der Waals surface area contributed by atoms with Crippen LogP contribution in [0.2, 0.25) is 10.0 Å². The maximum Gasteiger partial charge on any atom is 0.153 e. The number of rotatable bonds is 7. The molecule has 0 unspecified atom stereocenters. The normalized spacial score (nSPS) is 10.3. The van der Waals surface area contributed by atoms with Crippen molar-refractivity contribution in [3.8, 4) is 5.75 Å². The summed E-state index contributed by atoms with van der Waals surface area (Å²) in [5.41, 5.74) is 0.352. The van der Waals surface area contributed by atoms with Crippen molar-refractivity contribution in [2.24, 2.45) is 0 Å². The van der Waals surface area contributed by atoms with Crippen LogP contribution in [-0.4, -0.2) is 24.6 Å². The number of aldehydes is 1. The fraction of sp³-hybridized carbons (Fsp3) is 0.417. The number of carbonyl (C=O) groups is 1. The molecule has 0 heterocycles. The summed E-state index contributed by atoms with van der Waals surface area (Å²) in [6.45, 7) is 0.642. The Balaban J connectivity index is 2.60. The molecule has 94 valence electrons. The van der Waals surface area contributed by atoms with Crippen LogP contribution in [0.25, 0.3) is 0 Å². The van der Waals surface area contributed by atoms with Crippen LogP contribution in [0, 0.1) is 0 Å². The van der Waals surface area contributed by atoms with E-state index in [1.54, 1.807) is 6.07 Å². The van der Waals surface area contributed by atoms with Gasteiger partial charge in [-0.25, -0.2) is 0 Å². The summed E-state index contributed by atoms with van der Waals surface area (Å²) in [4.78, 5) is 10.8. The average molecular weight is 277 g/mol. The second-order valence-electron chi connectivity index (χ2n) is 3.56. The van der Waals surface area contributed by atoms with Crippen LogP contribution in [0.1, 0.15) is 29.6 Å². The molecule has 1 N–H and O–H groups in total. The Bertz CT molecular complexity index is 380. The first-order valence-electron chi connectivity index (χ1n) is 5.37. The number of halogens is 2. The molecule has 0 aliphatic rings. The number of aliphatic hydroxyl groups excluding tert-OH is 1. The van der Waals surface area contributed by atoms with E-state index < -0.39 is 0 Å². The number of carbonyl (C=O) groups excluding carboxylic acids is 1. The maximum atomic E-state index is 10.8. The highest BCUT2D eigenvalue weighted by atomic mass is 35.5. The Hall–Kier alpha value is -0.770. The first kappa shape index (κ1) is 14.3. The van der Waals surface area contributed by atoms with Crippen molar-refractivity contribution in [1.29, 1.82) is 0 Å². The highest BCUT2D eigenvalue weighted by Crippen LogP contribution is 2.31. The molecule has 1 aromatic carbocycles. The van der Waals surface area contributed by atoms with E-state index in [1.165, 1.54) is 6.07 Å². The molecule has 0 aromatic heterocycles. The van der Waals surface area contributed by atoms with Crippen LogP contribution >= 0.6 is 23.2 Å². The Morgan fingerprint density at radius 2 is 2.00 bits per heavy atom. The van der Waals surface area contributed by atoms with Gasteiger partial charge >= 0.3 is 0 Å². The molecule has 17 heavy (non-hydrogen) atoms. The maximum absolute atomic E-state index is 10.8. The standard InChI is InChI=1S/C12H14Cl2O3/c13-10-6-9(8-16)12(11(14)7-10)17-5-3-1-2-4-15/h6-8,15H,1-5H2. The lowest BCUT2D eigenvalue weighted by Crippen LogP contribution is -2.01. The van der Waals surface area contributed by atoms with E-state index in [1.807, 2.05) is 0 Å². The van der Waals surface area contributed by atoms with E-state index in [9.17, 15) is 4.79 Å². The van der Waals surface area contributed by atoms with Crippen LogP contribution in [-0.2, 0) is 0 Å². The Kier molecular flexibility index (Phi) is 6.34. The Morgan fingerprint density at radius 1 is 1.24 bits per heavy atom. The van der Waals surface area contributed by atoms with Gasteiger partial charge in [0.15, 0.2) is 6.29 Å². The molecule has 3 nitrogen and oxygen atoms in total. The average Bonchev–Trinajstić information content (AvgIpc) is 2.30. The van der Waals surface area contributed by atoms with E-state index in [0.29, 0.717) is 34.3 Å². The molecular formula is C12H14Cl2O3. The molecule has 0 spiro atoms. The molecule has 0 bridgehead atoms. The number of hydrogen-bond donors (Lipinski definition) is 1. The quantitative estimate of drug-likeness (QED) is 0.614. The predicted octanol–water partition coefficient (Wildman–Crippen LogP) is 3.35. The van der Waals surface area contributed by atoms with Gasteiger partial charge in [-0.05, 0) is 31.4 Å². The fourth-order valence-corrected chi connectivity index (χ4v) is 1.95. The summed E-state index contributed by atoms with van der Waals surface area (Å²) in [7, 11) is 0. The molecule has 0 atom stereocenters. The fourth-order valence-electron chi connectivity index (χ4n) is 1.38. The van der Waals surface area contributed by atoms with Crippen molar-refractivity contribution in [2.45, 2.75) is 19.3 Å². The van der Waals surface area contributed by atoms with Gasteiger partial charge in [0.25, 0.3) is 0 Å². The first-order chi connectivity index (χ1) is 8.19. The summed E-state index contributed by atoms with van der Waals surface area (Å²) >= 11 is 11.7. The molecule has 0 fully saturated rings. The van der Waals surface area contributed by atoms with Crippen LogP contribution in [0.5, 0.6) is 5.75 Å². The third-order valence-electron chi connectivity index (χ3n) is 2.21. The van der Waals surface area contributed by atoms with Crippen molar-refractivity contribution in [3.63, 3.8) is 0 Å². The van der Waals surface area contributed by atoms with Crippen molar-refractivity contribution >= 4 is 29.5 Å². The summed E-state index contributed by atoms with van der Waals surface area (Å²) in [5.74, 6) is 0.370. The van der Waals surface area contributed by atoms with Crippen molar-refractivity contribution < 1.29 is 14.6 Å². The highest BCUT2D eigenvalue weighted by molar-refractivity contribution is 6.36. The summed E-state index contributed by atoms with van der Waals surface area (Å²) in [6, 6.07) is 3.06. The molecule has 5 heteroatoms. The molecule has 1 aromatic rings. The van der Waals surface area contributed by atoms with Gasteiger partial charge in [0.1, 0.15) is 5.75 Å². The molecule has 0 aliphatic carbocycles. The largest absolute Gasteiger partial charge is 0.491 e. The van der Waals surface area contributed by atoms with Crippen LogP contribution in [0.3, 0.4) is 0 Å². The molecular weight excluding hydrogens is 263 g/mol. The SMILES string of the molecule is O=Cc1cc(Cl)cc(Cl)c1OCCCCCO. The third kappa shape index (κ3) is 4.54. The lowest BCUT2D eigenvalue weighted by molar-refractivity contribution is 0.111. The molecule has 0 saturated heterocycles. The number of benzene rings is 1. The summed E-state index contributed by atoms with van der Waals surface area (Å²) in [6.07, 6.45) is 3.09. The van der Waals surface area contributed by atoms with Gasteiger partial charge < -0.3 is 9.84 Å². The predicted molar refractivity (Wildman–Crippen MR) is 68.3 cm³/mol. The lowest BCUT2D eigenvalue weighted by atomic mass is 10.2. The summed E-state index contributed by atoms with van der Waals surface area (Å²) in [5, 5.41) is 9.36. The van der Waals surface area contributed by atoms with E-state index in [2.05, 4.69) is 0 Å². The molecule has 1 rings (SSSR count). The minimum atomic E-state index is 0.182. The zero-order valence-corrected chi connectivity index (χ0v) is 10.8. The molecule has 0 aliphatic heterocycles. The zero-order valence-electron chi connectivity index (χ0n) is 9.29. The van der Waals surface area contributed by atoms with Gasteiger partial charge in [-0.2, -0.15) is 0 Å². The van der Waals surface area contributed by atoms with Gasteiger partial charge in [-0.3, -0.25) is 4.79 Å². The van der Waals surface area contributed by atoms with Crippen LogP contribution < -0.4 is 4.74 Å². The Labute approximate surface area is 110 Å². The van der Waals surface area contributed by atoms with Gasteiger partial charge in [0, 0.05) is 11.6 Å². The van der Waals surface area contributed by atoms with E-state index in [4.69, 9.17) is 33.0 Å². The second kappa shape index (κ2) is 7.54. The monoisotopic (exact) mass is 276 g/mol. The third-order valence-corrected chi connectivity index (χ3v) is 2.71. The van der Waals surface area contributed by atoms with Crippen molar-refractivity contribution in [2.75, 3.05) is 13.2 Å². The molecule has 0 amide bonds. The van der Waals surface area contributed by atoms with E-state index >= 15 is 0 Å². The van der Waals surface area contributed by atoms with Gasteiger partial charge in [-0.15, -0.1) is 0 Å². The van der Waals surface area contributed by atoms with E-state index in [-0.39, 0.29) is 6.61 Å².